The molecule has 1 N–H and O–H groups in total. The van der Waals surface area contributed by atoms with E-state index >= 15 is 0 Å². The van der Waals surface area contributed by atoms with Gasteiger partial charge in [0.05, 0.1) is 17.3 Å². The summed E-state index contributed by atoms with van der Waals surface area (Å²) in [5.41, 5.74) is 4.27. The number of amides is 1. The Bertz CT molecular complexity index is 1340. The number of anilines is 1. The number of hydrogen-bond donors (Lipinski definition) is 1. The molecule has 0 radical (unpaired) electrons. The first-order chi connectivity index (χ1) is 15.1. The number of nitrogens with one attached hydrogen (secondary N) is 1. The maximum absolute atomic E-state index is 12.6. The average molecular weight is 449 g/mol. The number of aromatic nitrogens is 1. The molecule has 0 unspecified atom stereocenters. The zero-order valence-electron chi connectivity index (χ0n) is 16.4. The number of benzene rings is 3. The molecule has 2 heterocycles. The Labute approximate surface area is 189 Å². The van der Waals surface area contributed by atoms with Gasteiger partial charge in [0.25, 0.3) is 5.91 Å². The summed E-state index contributed by atoms with van der Waals surface area (Å²) in [6, 6.07) is 21.0. The third kappa shape index (κ3) is 3.80. The SMILES string of the molecule is O=C1Nc2cc(Cl)ccc2C1=Cc1cn(CCOc2ccccc2Cl)c2ccccc12. The number of fused-ring (bicyclic) bond motifs is 2. The van der Waals surface area contributed by atoms with E-state index in [2.05, 4.69) is 28.2 Å². The number of carbonyl (C=O) groups is 1. The molecule has 4 nitrogen and oxygen atoms in total. The molecular weight excluding hydrogens is 431 g/mol. The van der Waals surface area contributed by atoms with Crippen LogP contribution in [0.4, 0.5) is 5.69 Å². The van der Waals surface area contributed by atoms with E-state index in [9.17, 15) is 4.79 Å². The molecule has 4 aromatic rings. The minimum absolute atomic E-state index is 0.129. The van der Waals surface area contributed by atoms with Gasteiger partial charge in [-0.05, 0) is 36.4 Å². The quantitative estimate of drug-likeness (QED) is 0.353. The molecular formula is C25H18Cl2N2O2. The van der Waals surface area contributed by atoms with Crippen LogP contribution in [-0.2, 0) is 11.3 Å². The Morgan fingerprint density at radius 3 is 2.68 bits per heavy atom. The predicted octanol–water partition coefficient (Wildman–Crippen LogP) is 6.52. The van der Waals surface area contributed by atoms with Crippen LogP contribution in [-0.4, -0.2) is 17.1 Å². The molecule has 3 aromatic carbocycles. The van der Waals surface area contributed by atoms with Gasteiger partial charge in [0.15, 0.2) is 0 Å². The highest BCUT2D eigenvalue weighted by molar-refractivity contribution is 6.37. The fourth-order valence-corrected chi connectivity index (χ4v) is 4.22. The van der Waals surface area contributed by atoms with Crippen LogP contribution in [0.15, 0.2) is 72.9 Å². The van der Waals surface area contributed by atoms with Crippen molar-refractivity contribution in [3.63, 3.8) is 0 Å². The number of nitrogens with zero attached hydrogens (tertiary/aromatic N) is 1. The van der Waals surface area contributed by atoms with Crippen molar-refractivity contribution < 1.29 is 9.53 Å². The van der Waals surface area contributed by atoms with Crippen molar-refractivity contribution in [2.45, 2.75) is 6.54 Å². The van der Waals surface area contributed by atoms with Crippen molar-refractivity contribution in [3.8, 4) is 5.75 Å². The van der Waals surface area contributed by atoms with Gasteiger partial charge in [-0.3, -0.25) is 4.79 Å². The smallest absolute Gasteiger partial charge is 0.256 e. The van der Waals surface area contributed by atoms with Crippen LogP contribution < -0.4 is 10.1 Å². The summed E-state index contributed by atoms with van der Waals surface area (Å²) in [5, 5.41) is 5.15. The second-order valence-corrected chi connectivity index (χ2v) is 8.12. The first-order valence-corrected chi connectivity index (χ1v) is 10.6. The molecule has 0 spiro atoms. The predicted molar refractivity (Wildman–Crippen MR) is 127 cm³/mol. The number of ether oxygens (including phenoxy) is 1. The van der Waals surface area contributed by atoms with Crippen LogP contribution >= 0.6 is 23.2 Å². The normalized spacial score (nSPS) is 14.1. The van der Waals surface area contributed by atoms with E-state index in [-0.39, 0.29) is 5.91 Å². The van der Waals surface area contributed by atoms with Gasteiger partial charge in [-0.15, -0.1) is 0 Å². The first kappa shape index (κ1) is 19.7. The minimum atomic E-state index is -0.129. The summed E-state index contributed by atoms with van der Waals surface area (Å²) in [7, 11) is 0. The third-order valence-corrected chi connectivity index (χ3v) is 5.86. The summed E-state index contributed by atoms with van der Waals surface area (Å²) in [4.78, 5) is 12.6. The fourth-order valence-electron chi connectivity index (χ4n) is 3.86. The molecule has 6 heteroatoms. The average Bonchev–Trinajstić information content (AvgIpc) is 3.27. The number of halogens is 2. The van der Waals surface area contributed by atoms with Gasteiger partial charge in [-0.2, -0.15) is 0 Å². The largest absolute Gasteiger partial charge is 0.490 e. The van der Waals surface area contributed by atoms with E-state index in [0.29, 0.717) is 34.5 Å². The van der Waals surface area contributed by atoms with Crippen LogP contribution in [0, 0.1) is 0 Å². The van der Waals surface area contributed by atoms with Crippen LogP contribution in [0.3, 0.4) is 0 Å². The third-order valence-electron chi connectivity index (χ3n) is 5.31. The van der Waals surface area contributed by atoms with Crippen LogP contribution in [0.2, 0.25) is 10.0 Å². The molecule has 0 aliphatic carbocycles. The van der Waals surface area contributed by atoms with Crippen molar-refractivity contribution in [1.82, 2.24) is 4.57 Å². The van der Waals surface area contributed by atoms with Gasteiger partial charge >= 0.3 is 0 Å². The Morgan fingerprint density at radius 2 is 1.81 bits per heavy atom. The van der Waals surface area contributed by atoms with Crippen molar-refractivity contribution in [3.05, 3.63) is 94.1 Å². The molecule has 154 valence electrons. The highest BCUT2D eigenvalue weighted by atomic mass is 35.5. The molecule has 1 aliphatic rings. The number of carbonyl (C=O) groups excluding carboxylic acids is 1. The summed E-state index contributed by atoms with van der Waals surface area (Å²) in [6.07, 6.45) is 3.98. The van der Waals surface area contributed by atoms with Gasteiger partial charge in [0, 0.05) is 38.8 Å². The van der Waals surface area contributed by atoms with Gasteiger partial charge < -0.3 is 14.6 Å². The molecule has 1 aliphatic heterocycles. The zero-order valence-corrected chi connectivity index (χ0v) is 18.0. The molecule has 31 heavy (non-hydrogen) atoms. The zero-order chi connectivity index (χ0) is 21.4. The highest BCUT2D eigenvalue weighted by Gasteiger charge is 2.24. The molecule has 5 rings (SSSR count). The molecule has 0 fully saturated rings. The standard InChI is InChI=1S/C25H18Cl2N2O2/c26-17-9-10-19-20(25(30)28-22(19)14-17)13-16-15-29(23-7-3-1-5-18(16)23)11-12-31-24-8-4-2-6-21(24)27/h1-10,13-15H,11-12H2,(H,28,30). The molecule has 0 atom stereocenters. The Hall–Kier alpha value is -3.21. The van der Waals surface area contributed by atoms with Crippen molar-refractivity contribution in [2.75, 3.05) is 11.9 Å². The first-order valence-electron chi connectivity index (χ1n) is 9.88. The second-order valence-electron chi connectivity index (χ2n) is 7.28. The topological polar surface area (TPSA) is 43.3 Å². The van der Waals surface area contributed by atoms with Crippen molar-refractivity contribution in [1.29, 1.82) is 0 Å². The lowest BCUT2D eigenvalue weighted by molar-refractivity contribution is -0.110. The summed E-state index contributed by atoms with van der Waals surface area (Å²) >= 11 is 12.2. The van der Waals surface area contributed by atoms with Crippen LogP contribution in [0.1, 0.15) is 11.1 Å². The van der Waals surface area contributed by atoms with Gasteiger partial charge in [0.2, 0.25) is 0 Å². The van der Waals surface area contributed by atoms with Crippen molar-refractivity contribution in [2.24, 2.45) is 0 Å². The monoisotopic (exact) mass is 448 g/mol. The molecule has 0 bridgehead atoms. The van der Waals surface area contributed by atoms with E-state index in [1.165, 1.54) is 0 Å². The molecule has 1 amide bonds. The lowest BCUT2D eigenvalue weighted by Gasteiger charge is -2.09. The maximum Gasteiger partial charge on any atom is 0.256 e. The van der Waals surface area contributed by atoms with E-state index in [1.54, 1.807) is 12.1 Å². The Morgan fingerprint density at radius 1 is 1.00 bits per heavy atom. The number of rotatable bonds is 5. The van der Waals surface area contributed by atoms with Crippen molar-refractivity contribution >= 4 is 57.3 Å². The second kappa shape index (κ2) is 8.14. The van der Waals surface area contributed by atoms with E-state index in [0.717, 1.165) is 27.7 Å². The summed E-state index contributed by atoms with van der Waals surface area (Å²) < 4.78 is 8.00. The van der Waals surface area contributed by atoms with Gasteiger partial charge in [-0.1, -0.05) is 59.6 Å². The molecule has 0 saturated carbocycles. The maximum atomic E-state index is 12.6. The lowest BCUT2D eigenvalue weighted by Crippen LogP contribution is -2.07. The molecule has 0 saturated heterocycles. The van der Waals surface area contributed by atoms with Gasteiger partial charge in [-0.25, -0.2) is 0 Å². The fraction of sp³-hybridized carbons (Fsp3) is 0.0800. The van der Waals surface area contributed by atoms with E-state index in [1.807, 2.05) is 48.5 Å². The number of hydrogen-bond acceptors (Lipinski definition) is 2. The molecule has 1 aromatic heterocycles. The highest BCUT2D eigenvalue weighted by Crippen LogP contribution is 2.36. The minimum Gasteiger partial charge on any atom is -0.490 e. The summed E-state index contributed by atoms with van der Waals surface area (Å²) in [5.74, 6) is 0.539. The van der Waals surface area contributed by atoms with Crippen LogP contribution in [0.5, 0.6) is 5.75 Å². The van der Waals surface area contributed by atoms with E-state index in [4.69, 9.17) is 27.9 Å². The van der Waals surface area contributed by atoms with Gasteiger partial charge in [0.1, 0.15) is 12.4 Å². The van der Waals surface area contributed by atoms with Crippen LogP contribution in [0.25, 0.3) is 22.6 Å². The number of para-hydroxylation sites is 2. The summed E-state index contributed by atoms with van der Waals surface area (Å²) in [6.45, 7) is 1.12. The van der Waals surface area contributed by atoms with E-state index < -0.39 is 0 Å². The Kier molecular flexibility index (Phi) is 5.18. The Balaban J connectivity index is 1.46. The lowest BCUT2D eigenvalue weighted by atomic mass is 10.0.